The summed E-state index contributed by atoms with van der Waals surface area (Å²) < 4.78 is 42.3. The van der Waals surface area contributed by atoms with Gasteiger partial charge in [0.05, 0.1) is 58.6 Å². The summed E-state index contributed by atoms with van der Waals surface area (Å²) in [5.41, 5.74) is 11.1. The first-order valence-electron chi connectivity index (χ1n) is 41.8. The highest BCUT2D eigenvalue weighted by Gasteiger charge is 2.28. The van der Waals surface area contributed by atoms with Crippen molar-refractivity contribution in [2.24, 2.45) is 0 Å². The molecule has 6 aliphatic rings. The molecule has 6 aromatic heterocycles. The minimum atomic E-state index is 0.309. The molecular formula is C93H96N18O6. The van der Waals surface area contributed by atoms with Gasteiger partial charge in [0, 0.05) is 108 Å². The van der Waals surface area contributed by atoms with Crippen molar-refractivity contribution in [3.8, 4) is 35.3 Å². The van der Waals surface area contributed by atoms with Gasteiger partial charge in [-0.3, -0.25) is 0 Å². The third kappa shape index (κ3) is 16.9. The Kier molecular flexibility index (Phi) is 22.2. The molecule has 9 aromatic carbocycles. The van der Waals surface area contributed by atoms with Crippen LogP contribution in [0.3, 0.4) is 0 Å². The van der Waals surface area contributed by atoms with Crippen molar-refractivity contribution >= 4 is 117 Å². The summed E-state index contributed by atoms with van der Waals surface area (Å²) in [4.78, 5) is 50.5. The highest BCUT2D eigenvalue weighted by molar-refractivity contribution is 5.92. The van der Waals surface area contributed by atoms with Crippen LogP contribution in [0.15, 0.2) is 219 Å². The molecule has 3 saturated heterocycles. The first-order chi connectivity index (χ1) is 57.9. The van der Waals surface area contributed by atoms with Crippen LogP contribution in [-0.2, 0) is 14.2 Å². The number of morpholine rings is 3. The van der Waals surface area contributed by atoms with E-state index in [1.165, 1.54) is 74.8 Å². The molecule has 0 spiro atoms. The van der Waals surface area contributed by atoms with Crippen LogP contribution < -0.4 is 44.9 Å². The third-order valence-corrected chi connectivity index (χ3v) is 23.5. The maximum absolute atomic E-state index is 6.37. The van der Waals surface area contributed by atoms with E-state index in [2.05, 4.69) is 172 Å². The zero-order chi connectivity index (χ0) is 78.1. The van der Waals surface area contributed by atoms with Gasteiger partial charge in [0.15, 0.2) is 50.9 Å². The van der Waals surface area contributed by atoms with E-state index in [0.717, 1.165) is 218 Å². The van der Waals surface area contributed by atoms with Crippen molar-refractivity contribution in [2.75, 3.05) is 110 Å². The molecule has 594 valence electrons. The van der Waals surface area contributed by atoms with Crippen molar-refractivity contribution in [3.05, 3.63) is 219 Å². The fourth-order valence-corrected chi connectivity index (χ4v) is 17.3. The number of anilines is 9. The Morgan fingerprint density at radius 1 is 0.282 bits per heavy atom. The highest BCUT2D eigenvalue weighted by Crippen LogP contribution is 2.41. The maximum atomic E-state index is 6.37. The quantitative estimate of drug-likeness (QED) is 0.0725. The van der Waals surface area contributed by atoms with Crippen LogP contribution in [0.5, 0.6) is 35.3 Å². The molecule has 24 heteroatoms. The van der Waals surface area contributed by atoms with E-state index < -0.39 is 0 Å². The Bertz CT molecular complexity index is 5320. The average molecular weight is 1560 g/mol. The molecular weight excluding hydrogens is 1470 g/mol. The Labute approximate surface area is 679 Å². The Balaban J connectivity index is 0.000000117. The molecule has 3 aliphatic heterocycles. The van der Waals surface area contributed by atoms with Crippen LogP contribution in [0.1, 0.15) is 114 Å². The van der Waals surface area contributed by atoms with E-state index in [4.69, 9.17) is 73.3 Å². The first-order valence-corrected chi connectivity index (χ1v) is 41.8. The molecule has 3 N–H and O–H groups in total. The lowest BCUT2D eigenvalue weighted by molar-refractivity contribution is 0.122. The molecule has 3 aliphatic carbocycles. The van der Waals surface area contributed by atoms with Crippen molar-refractivity contribution in [3.63, 3.8) is 0 Å². The van der Waals surface area contributed by atoms with E-state index in [0.29, 0.717) is 53.6 Å². The molecule has 0 atom stereocenters. The predicted molar refractivity (Wildman–Crippen MR) is 463 cm³/mol. The molecule has 117 heavy (non-hydrogen) atoms. The number of fused-ring (bicyclic) bond motifs is 6. The second-order valence-corrected chi connectivity index (χ2v) is 31.0. The summed E-state index contributed by atoms with van der Waals surface area (Å²) >= 11 is 0. The van der Waals surface area contributed by atoms with Gasteiger partial charge in [-0.2, -0.15) is 29.9 Å². The summed E-state index contributed by atoms with van der Waals surface area (Å²) in [6.07, 6.45) is 23.9. The van der Waals surface area contributed by atoms with E-state index in [1.807, 2.05) is 91.8 Å². The van der Waals surface area contributed by atoms with E-state index >= 15 is 0 Å². The van der Waals surface area contributed by atoms with Gasteiger partial charge in [-0.1, -0.05) is 167 Å². The zero-order valence-electron chi connectivity index (χ0n) is 65.8. The van der Waals surface area contributed by atoms with Crippen LogP contribution in [0, 0.1) is 0 Å². The largest absolute Gasteiger partial charge is 0.424 e. The minimum Gasteiger partial charge on any atom is -0.424 e. The number of nitrogens with zero attached hydrogens (tertiary/aromatic N) is 15. The molecule has 9 heterocycles. The second-order valence-electron chi connectivity index (χ2n) is 31.0. The monoisotopic (exact) mass is 1560 g/mol. The molecule has 0 bridgehead atoms. The molecule has 0 radical (unpaired) electrons. The van der Waals surface area contributed by atoms with Gasteiger partial charge in [0.2, 0.25) is 0 Å². The number of nitrogens with one attached hydrogen (secondary N) is 3. The molecule has 3 saturated carbocycles. The van der Waals surface area contributed by atoms with E-state index in [1.54, 1.807) is 0 Å². The van der Waals surface area contributed by atoms with Gasteiger partial charge in [0.25, 0.3) is 0 Å². The number of hydrogen-bond acceptors (Lipinski definition) is 21. The summed E-state index contributed by atoms with van der Waals surface area (Å²) in [6, 6.07) is 70.2. The van der Waals surface area contributed by atoms with Crippen LogP contribution >= 0.6 is 0 Å². The van der Waals surface area contributed by atoms with Gasteiger partial charge in [0.1, 0.15) is 17.2 Å². The van der Waals surface area contributed by atoms with Gasteiger partial charge in [-0.05, 0) is 146 Å². The average Bonchev–Trinajstić information content (AvgIpc) is 1.67. The number of imidazole rings is 3. The maximum Gasteiger partial charge on any atom is 0.326 e. The van der Waals surface area contributed by atoms with Crippen LogP contribution in [0.25, 0.3) is 65.8 Å². The molecule has 0 unspecified atom stereocenters. The lowest BCUT2D eigenvalue weighted by Gasteiger charge is -2.28. The Hall–Kier alpha value is -12.5. The topological polar surface area (TPSA) is 232 Å². The van der Waals surface area contributed by atoms with Gasteiger partial charge >= 0.3 is 18.0 Å². The van der Waals surface area contributed by atoms with Gasteiger partial charge in [-0.25, -0.2) is 15.0 Å². The van der Waals surface area contributed by atoms with Crippen molar-refractivity contribution < 1.29 is 28.4 Å². The van der Waals surface area contributed by atoms with Crippen molar-refractivity contribution in [2.45, 2.75) is 114 Å². The summed E-state index contributed by atoms with van der Waals surface area (Å²) in [6.45, 7) is 10.1. The summed E-state index contributed by atoms with van der Waals surface area (Å²) in [5.74, 6) is 4.13. The Morgan fingerprint density at radius 2 is 0.547 bits per heavy atom. The Morgan fingerprint density at radius 3 is 0.829 bits per heavy atom. The third-order valence-electron chi connectivity index (χ3n) is 23.5. The zero-order valence-corrected chi connectivity index (χ0v) is 65.8. The molecule has 0 amide bonds. The predicted octanol–water partition coefficient (Wildman–Crippen LogP) is 20.6. The van der Waals surface area contributed by atoms with Gasteiger partial charge in [-0.15, -0.1) is 0 Å². The number of hydrogen-bond donors (Lipinski definition) is 3. The highest BCUT2D eigenvalue weighted by atomic mass is 16.5. The fourth-order valence-electron chi connectivity index (χ4n) is 17.3. The smallest absolute Gasteiger partial charge is 0.326 e. The lowest BCUT2D eigenvalue weighted by atomic mass is 9.95. The molecule has 24 nitrogen and oxygen atoms in total. The number of aromatic nitrogens is 12. The number of ether oxygens (including phenoxy) is 6. The first kappa shape index (κ1) is 74.6. The normalized spacial score (nSPS) is 16.6. The minimum absolute atomic E-state index is 0.309. The van der Waals surface area contributed by atoms with E-state index in [9.17, 15) is 0 Å². The lowest BCUT2D eigenvalue weighted by Crippen LogP contribution is -2.36. The number of rotatable bonds is 18. The van der Waals surface area contributed by atoms with Gasteiger partial charge < -0.3 is 72.8 Å². The van der Waals surface area contributed by atoms with Crippen molar-refractivity contribution in [1.29, 1.82) is 0 Å². The standard InChI is InChI=1S/3C31H32N6O2/c3*1-2-9-25(10-3-1)37-21-32-28-29(33-23-13-15-24(16-14-23)36-17-19-38-20-18-36)34-31(35-30(28)37)39-27-12-6-8-22-7-4-5-11-26(22)27/h3*4-8,11-16,21,25H,1-3,9-10,17-20H2,(H,33,34,35). The fraction of sp³-hybridized carbons (Fsp3) is 0.323. The van der Waals surface area contributed by atoms with E-state index in [-0.39, 0.29) is 0 Å². The summed E-state index contributed by atoms with van der Waals surface area (Å²) in [5, 5.41) is 16.9. The SMILES string of the molecule is c1ccc2c(Oc3nc(Nc4ccc(N5CCOCC5)cc4)c4ncn(C5CCCCC5)c4n3)cccc2c1.c1ccc2c(Oc3nc(Nc4ccc(N5CCOCC5)cc4)c4ncn(C5CCCCC5)c4n3)cccc2c1.c1ccc2c(Oc3nc(Nc4ccc(N5CCOCC5)cc4)c4ncn(C5CCCCC5)c4n3)cccc2c1. The molecule has 15 aromatic rings. The molecule has 6 fully saturated rings. The summed E-state index contributed by atoms with van der Waals surface area (Å²) in [7, 11) is 0. The molecule has 21 rings (SSSR count). The van der Waals surface area contributed by atoms with Crippen LogP contribution in [0.4, 0.5) is 51.6 Å². The van der Waals surface area contributed by atoms with Crippen molar-refractivity contribution in [1.82, 2.24) is 58.6 Å². The van der Waals surface area contributed by atoms with Crippen LogP contribution in [0.2, 0.25) is 0 Å². The number of benzene rings is 9. The van der Waals surface area contributed by atoms with Crippen LogP contribution in [-0.4, -0.2) is 137 Å². The second kappa shape index (κ2) is 34.9.